The molecular formula is C30H44N6O6. The minimum atomic E-state index is -0.0934. The Hall–Kier alpha value is -3.78. The number of nitrogens with zero attached hydrogens (tertiary/aromatic N) is 2. The smallest absolute Gasteiger partial charge is 0.142 e. The van der Waals surface area contributed by atoms with Gasteiger partial charge in [0.05, 0.1) is 37.8 Å². The second-order valence-electron chi connectivity index (χ2n) is 9.72. The SMILES string of the molecule is OCCN(CCO)CCNc1ccc(Nc2cc(Nc3ccc(NCCN(CCO)CCO)cc3)c(O)cc2O)cc1. The van der Waals surface area contributed by atoms with E-state index in [0.717, 1.165) is 22.7 Å². The summed E-state index contributed by atoms with van der Waals surface area (Å²) in [6.45, 7) is 4.93. The van der Waals surface area contributed by atoms with Crippen LogP contribution in [0.4, 0.5) is 34.1 Å². The zero-order valence-corrected chi connectivity index (χ0v) is 23.8. The summed E-state index contributed by atoms with van der Waals surface area (Å²) in [7, 11) is 0. The Balaban J connectivity index is 1.54. The van der Waals surface area contributed by atoms with Crippen LogP contribution < -0.4 is 21.3 Å². The molecule has 12 heteroatoms. The molecule has 0 saturated carbocycles. The number of phenols is 2. The van der Waals surface area contributed by atoms with E-state index in [9.17, 15) is 10.2 Å². The molecule has 0 aliphatic carbocycles. The van der Waals surface area contributed by atoms with Crippen molar-refractivity contribution in [3.8, 4) is 11.5 Å². The quantitative estimate of drug-likeness (QED) is 0.0692. The normalized spacial score (nSPS) is 11.2. The van der Waals surface area contributed by atoms with Gasteiger partial charge >= 0.3 is 0 Å². The fourth-order valence-electron chi connectivity index (χ4n) is 4.38. The van der Waals surface area contributed by atoms with Crippen LogP contribution in [-0.4, -0.2) is 119 Å². The first-order valence-electron chi connectivity index (χ1n) is 14.1. The van der Waals surface area contributed by atoms with Crippen molar-refractivity contribution in [3.63, 3.8) is 0 Å². The molecule has 0 spiro atoms. The Morgan fingerprint density at radius 3 is 1.12 bits per heavy atom. The average molecular weight is 585 g/mol. The predicted octanol–water partition coefficient (Wildman–Crippen LogP) is 1.98. The predicted molar refractivity (Wildman–Crippen MR) is 167 cm³/mol. The lowest BCUT2D eigenvalue weighted by Gasteiger charge is -2.20. The number of anilines is 6. The van der Waals surface area contributed by atoms with Gasteiger partial charge in [-0.25, -0.2) is 0 Å². The molecule has 0 saturated heterocycles. The van der Waals surface area contributed by atoms with Crippen molar-refractivity contribution >= 4 is 34.1 Å². The summed E-state index contributed by atoms with van der Waals surface area (Å²) in [5.74, 6) is -0.187. The molecule has 0 atom stereocenters. The molecule has 3 aromatic carbocycles. The molecule has 12 nitrogen and oxygen atoms in total. The number of benzene rings is 3. The highest BCUT2D eigenvalue weighted by atomic mass is 16.3. The summed E-state index contributed by atoms with van der Waals surface area (Å²) in [4.78, 5) is 3.95. The molecule has 0 aliphatic heterocycles. The van der Waals surface area contributed by atoms with Gasteiger partial charge in [-0.3, -0.25) is 9.80 Å². The number of aromatic hydroxyl groups is 2. The van der Waals surface area contributed by atoms with Crippen molar-refractivity contribution < 1.29 is 30.6 Å². The largest absolute Gasteiger partial charge is 0.506 e. The second kappa shape index (κ2) is 17.9. The maximum absolute atomic E-state index is 10.4. The van der Waals surface area contributed by atoms with E-state index in [-0.39, 0.29) is 37.9 Å². The second-order valence-corrected chi connectivity index (χ2v) is 9.72. The van der Waals surface area contributed by atoms with Gasteiger partial charge in [0.15, 0.2) is 0 Å². The van der Waals surface area contributed by atoms with Crippen LogP contribution in [0.15, 0.2) is 60.7 Å². The zero-order chi connectivity index (χ0) is 30.2. The number of nitrogens with one attached hydrogen (secondary N) is 4. The molecule has 42 heavy (non-hydrogen) atoms. The van der Waals surface area contributed by atoms with E-state index < -0.39 is 0 Å². The lowest BCUT2D eigenvalue weighted by atomic mass is 10.2. The lowest BCUT2D eigenvalue weighted by molar-refractivity contribution is 0.165. The number of aliphatic hydroxyl groups is 4. The molecule has 0 heterocycles. The minimum Gasteiger partial charge on any atom is -0.506 e. The highest BCUT2D eigenvalue weighted by Gasteiger charge is 2.11. The van der Waals surface area contributed by atoms with E-state index in [1.807, 2.05) is 58.3 Å². The summed E-state index contributed by atoms with van der Waals surface area (Å²) in [5.41, 5.74) is 4.18. The van der Waals surface area contributed by atoms with Crippen LogP contribution in [0.2, 0.25) is 0 Å². The third kappa shape index (κ3) is 10.9. The highest BCUT2D eigenvalue weighted by molar-refractivity contribution is 5.78. The summed E-state index contributed by atoms with van der Waals surface area (Å²) in [6, 6.07) is 18.1. The third-order valence-corrected chi connectivity index (χ3v) is 6.62. The molecule has 0 aliphatic rings. The van der Waals surface area contributed by atoms with Gasteiger partial charge in [-0.1, -0.05) is 0 Å². The van der Waals surface area contributed by atoms with Crippen LogP contribution in [-0.2, 0) is 0 Å². The summed E-state index contributed by atoms with van der Waals surface area (Å²) >= 11 is 0. The van der Waals surface area contributed by atoms with Gasteiger partial charge in [-0.05, 0) is 54.6 Å². The van der Waals surface area contributed by atoms with Crippen LogP contribution in [0.5, 0.6) is 11.5 Å². The van der Waals surface area contributed by atoms with E-state index in [2.05, 4.69) is 21.3 Å². The van der Waals surface area contributed by atoms with Gasteiger partial charge in [-0.2, -0.15) is 0 Å². The van der Waals surface area contributed by atoms with Crippen molar-refractivity contribution in [3.05, 3.63) is 60.7 Å². The van der Waals surface area contributed by atoms with Crippen molar-refractivity contribution in [2.75, 3.05) is 100 Å². The average Bonchev–Trinajstić information content (AvgIpc) is 2.98. The van der Waals surface area contributed by atoms with Crippen LogP contribution >= 0.6 is 0 Å². The number of phenolic OH excluding ortho intramolecular Hbond substituents is 2. The molecule has 0 aromatic heterocycles. The van der Waals surface area contributed by atoms with Crippen molar-refractivity contribution in [1.29, 1.82) is 0 Å². The molecule has 0 unspecified atom stereocenters. The van der Waals surface area contributed by atoms with Crippen molar-refractivity contribution in [2.24, 2.45) is 0 Å². The van der Waals surface area contributed by atoms with Gasteiger partial charge < -0.3 is 51.9 Å². The Morgan fingerprint density at radius 2 is 0.786 bits per heavy atom. The fourth-order valence-corrected chi connectivity index (χ4v) is 4.38. The molecule has 10 N–H and O–H groups in total. The Morgan fingerprint density at radius 1 is 0.452 bits per heavy atom. The van der Waals surface area contributed by atoms with Crippen molar-refractivity contribution in [2.45, 2.75) is 0 Å². The third-order valence-electron chi connectivity index (χ3n) is 6.62. The standard InChI is InChI=1S/C30H44N6O6/c37-17-13-35(14-18-38)11-9-31-23-1-5-25(6-2-23)33-27-21-28(30(42)22-29(27)41)34-26-7-3-24(4-8-26)32-10-12-36(15-19-39)16-20-40/h1-8,21-22,31-34,37-42H,9-20H2. The first-order chi connectivity index (χ1) is 20.4. The van der Waals surface area contributed by atoms with Crippen LogP contribution in [0.3, 0.4) is 0 Å². The first kappa shape index (κ1) is 32.7. The van der Waals surface area contributed by atoms with E-state index in [1.165, 1.54) is 6.07 Å². The van der Waals surface area contributed by atoms with E-state index in [4.69, 9.17) is 20.4 Å². The van der Waals surface area contributed by atoms with Gasteiger partial charge in [0, 0.05) is 81.2 Å². The Kier molecular flexibility index (Phi) is 14.0. The molecule has 0 fully saturated rings. The number of rotatable bonds is 20. The fraction of sp³-hybridized carbons (Fsp3) is 0.400. The van der Waals surface area contributed by atoms with Crippen molar-refractivity contribution in [1.82, 2.24) is 9.80 Å². The lowest BCUT2D eigenvalue weighted by Crippen LogP contribution is -2.34. The molecule has 230 valence electrons. The molecule has 3 rings (SSSR count). The monoisotopic (exact) mass is 584 g/mol. The minimum absolute atomic E-state index is 0.0467. The molecule has 3 aromatic rings. The van der Waals surface area contributed by atoms with Crippen LogP contribution in [0.25, 0.3) is 0 Å². The van der Waals surface area contributed by atoms with Gasteiger partial charge in [0.1, 0.15) is 11.5 Å². The number of hydrogen-bond donors (Lipinski definition) is 10. The molecular weight excluding hydrogens is 540 g/mol. The molecule has 0 amide bonds. The van der Waals surface area contributed by atoms with Crippen LogP contribution in [0, 0.1) is 0 Å². The first-order valence-corrected chi connectivity index (χ1v) is 14.1. The van der Waals surface area contributed by atoms with E-state index >= 15 is 0 Å². The molecule has 0 bridgehead atoms. The van der Waals surface area contributed by atoms with E-state index in [1.54, 1.807) is 6.07 Å². The summed E-state index contributed by atoms with van der Waals surface area (Å²) in [6.07, 6.45) is 0. The summed E-state index contributed by atoms with van der Waals surface area (Å²) < 4.78 is 0. The summed E-state index contributed by atoms with van der Waals surface area (Å²) in [5, 5.41) is 70.4. The maximum Gasteiger partial charge on any atom is 0.142 e. The maximum atomic E-state index is 10.4. The van der Waals surface area contributed by atoms with Gasteiger partial charge in [0.25, 0.3) is 0 Å². The number of aliphatic hydroxyl groups excluding tert-OH is 4. The Bertz CT molecular complexity index is 1080. The van der Waals surface area contributed by atoms with E-state index in [0.29, 0.717) is 63.7 Å². The topological polar surface area (TPSA) is 176 Å². The Labute approximate surface area is 246 Å². The zero-order valence-electron chi connectivity index (χ0n) is 23.8. The van der Waals surface area contributed by atoms with Gasteiger partial charge in [-0.15, -0.1) is 0 Å². The van der Waals surface area contributed by atoms with Crippen LogP contribution in [0.1, 0.15) is 0 Å². The van der Waals surface area contributed by atoms with Gasteiger partial charge in [0.2, 0.25) is 0 Å². The number of hydrogen-bond acceptors (Lipinski definition) is 12. The molecule has 0 radical (unpaired) electrons. The highest BCUT2D eigenvalue weighted by Crippen LogP contribution is 2.38.